The molecule has 3 heteroatoms. The molecule has 0 radical (unpaired) electrons. The third kappa shape index (κ3) is 1.32. The van der Waals surface area contributed by atoms with Gasteiger partial charge in [0.15, 0.2) is 5.78 Å². The largest absolute Gasteiger partial charge is 0.293 e. The molecule has 1 heterocycles. The van der Waals surface area contributed by atoms with Gasteiger partial charge < -0.3 is 0 Å². The van der Waals surface area contributed by atoms with Gasteiger partial charge in [0.05, 0.1) is 0 Å². The Morgan fingerprint density at radius 2 is 2.56 bits per heavy atom. The van der Waals surface area contributed by atoms with E-state index in [4.69, 9.17) is 0 Å². The molecule has 0 fully saturated rings. The average Bonchev–Trinajstić information content (AvgIpc) is 1.90. The molecule has 0 spiro atoms. The molecule has 0 aliphatic rings. The minimum absolute atomic E-state index is 0. The maximum absolute atomic E-state index is 10.6. The molecule has 9 heavy (non-hydrogen) atoms. The molecule has 0 amide bonds. The van der Waals surface area contributed by atoms with Crippen LogP contribution in [0, 0.1) is 0 Å². The summed E-state index contributed by atoms with van der Waals surface area (Å²) in [6.07, 6.45) is 2.90. The van der Waals surface area contributed by atoms with Crippen LogP contribution in [-0.4, -0.2) is 15.8 Å². The summed E-state index contributed by atoms with van der Waals surface area (Å²) in [5.74, 6) is -0.0302. The Labute approximate surface area is 54.2 Å². The molecule has 0 atom stereocenters. The summed E-state index contributed by atoms with van der Waals surface area (Å²) in [5.41, 5.74) is 0.463. The molecule has 0 aliphatic carbocycles. The van der Waals surface area contributed by atoms with Gasteiger partial charge in [0.2, 0.25) is 0 Å². The molecule has 0 aromatic carbocycles. The highest BCUT2D eigenvalue weighted by Gasteiger charge is 1.95. The van der Waals surface area contributed by atoms with Crippen molar-refractivity contribution in [1.29, 1.82) is 0 Å². The minimum Gasteiger partial charge on any atom is -0.293 e. The van der Waals surface area contributed by atoms with Gasteiger partial charge in [-0.05, 0) is 6.07 Å². The SMILES string of the molecule is CC(=O)c1ccncn1.[HH]. The topological polar surface area (TPSA) is 42.9 Å². The van der Waals surface area contributed by atoms with E-state index in [1.807, 2.05) is 0 Å². The molecule has 0 saturated heterocycles. The van der Waals surface area contributed by atoms with Gasteiger partial charge in [-0.1, -0.05) is 0 Å². The molecule has 1 aromatic rings. The Bertz CT molecular complexity index is 212. The number of carbonyl (C=O) groups is 1. The van der Waals surface area contributed by atoms with Gasteiger partial charge >= 0.3 is 0 Å². The van der Waals surface area contributed by atoms with Crippen molar-refractivity contribution < 1.29 is 6.22 Å². The second-order valence-corrected chi connectivity index (χ2v) is 1.65. The zero-order valence-electron chi connectivity index (χ0n) is 5.03. The summed E-state index contributed by atoms with van der Waals surface area (Å²) < 4.78 is 0. The van der Waals surface area contributed by atoms with Gasteiger partial charge in [-0.2, -0.15) is 0 Å². The normalized spacial score (nSPS) is 9.00. The zero-order valence-corrected chi connectivity index (χ0v) is 5.03. The highest BCUT2D eigenvalue weighted by atomic mass is 16.1. The van der Waals surface area contributed by atoms with Crippen LogP contribution in [0.1, 0.15) is 18.8 Å². The lowest BCUT2D eigenvalue weighted by Gasteiger charge is -1.87. The number of nitrogens with zero attached hydrogens (tertiary/aromatic N) is 2. The maximum atomic E-state index is 10.6. The first-order chi connectivity index (χ1) is 4.30. The Kier molecular flexibility index (Phi) is 1.53. The van der Waals surface area contributed by atoms with Crippen LogP contribution in [0.5, 0.6) is 0 Å². The van der Waals surface area contributed by atoms with Gasteiger partial charge in [0, 0.05) is 14.5 Å². The molecule has 0 bridgehead atoms. The number of carbonyl (C=O) groups excluding carboxylic acids is 1. The van der Waals surface area contributed by atoms with E-state index >= 15 is 0 Å². The Hall–Kier alpha value is -1.25. The molecule has 0 aliphatic heterocycles. The van der Waals surface area contributed by atoms with E-state index in [1.54, 1.807) is 12.3 Å². The van der Waals surface area contributed by atoms with Crippen LogP contribution in [0.15, 0.2) is 18.6 Å². The monoisotopic (exact) mass is 124 g/mol. The average molecular weight is 124 g/mol. The second-order valence-electron chi connectivity index (χ2n) is 1.65. The molecule has 3 nitrogen and oxygen atoms in total. The van der Waals surface area contributed by atoms with Crippen LogP contribution in [-0.2, 0) is 0 Å². The van der Waals surface area contributed by atoms with Crippen LogP contribution in [0.4, 0.5) is 0 Å². The smallest absolute Gasteiger partial charge is 0.178 e. The summed E-state index contributed by atoms with van der Waals surface area (Å²) in [5, 5.41) is 0. The summed E-state index contributed by atoms with van der Waals surface area (Å²) in [6.45, 7) is 1.47. The molecule has 1 rings (SSSR count). The number of hydrogen-bond acceptors (Lipinski definition) is 3. The molecule has 0 unspecified atom stereocenters. The zero-order chi connectivity index (χ0) is 6.69. The quantitative estimate of drug-likeness (QED) is 0.523. The van der Waals surface area contributed by atoms with E-state index in [1.165, 1.54) is 13.3 Å². The second kappa shape index (κ2) is 2.35. The van der Waals surface area contributed by atoms with Crippen LogP contribution in [0.25, 0.3) is 0 Å². The first-order valence-electron chi connectivity index (χ1n) is 2.57. The number of ketones is 1. The summed E-state index contributed by atoms with van der Waals surface area (Å²) in [7, 11) is 0. The van der Waals surface area contributed by atoms with Crippen molar-refractivity contribution in [2.45, 2.75) is 6.92 Å². The molecule has 0 saturated carbocycles. The fourth-order valence-electron chi connectivity index (χ4n) is 0.499. The van der Waals surface area contributed by atoms with E-state index < -0.39 is 0 Å². The molecule has 0 N–H and O–H groups in total. The predicted octanol–water partition coefficient (Wildman–Crippen LogP) is 0.925. The fraction of sp³-hybridized carbons (Fsp3) is 0.167. The van der Waals surface area contributed by atoms with E-state index in [9.17, 15) is 4.79 Å². The van der Waals surface area contributed by atoms with Crippen molar-refractivity contribution in [2.24, 2.45) is 0 Å². The van der Waals surface area contributed by atoms with Gasteiger partial charge in [-0.25, -0.2) is 9.97 Å². The Morgan fingerprint density at radius 3 is 2.89 bits per heavy atom. The van der Waals surface area contributed by atoms with Crippen molar-refractivity contribution in [2.75, 3.05) is 0 Å². The molecular formula is C6H8N2O. The Morgan fingerprint density at radius 1 is 1.78 bits per heavy atom. The number of aromatic nitrogens is 2. The van der Waals surface area contributed by atoms with Crippen molar-refractivity contribution in [3.8, 4) is 0 Å². The number of Topliss-reactive ketones (excluding diaryl/α,β-unsaturated/α-hetero) is 1. The maximum Gasteiger partial charge on any atom is 0.178 e. The summed E-state index contributed by atoms with van der Waals surface area (Å²) >= 11 is 0. The first-order valence-corrected chi connectivity index (χ1v) is 2.57. The predicted molar refractivity (Wildman–Crippen MR) is 34.2 cm³/mol. The van der Waals surface area contributed by atoms with E-state index in [-0.39, 0.29) is 7.21 Å². The third-order valence-corrected chi connectivity index (χ3v) is 0.943. The van der Waals surface area contributed by atoms with Crippen LogP contribution >= 0.6 is 0 Å². The minimum atomic E-state index is -0.0302. The molecule has 48 valence electrons. The summed E-state index contributed by atoms with van der Waals surface area (Å²) in [4.78, 5) is 17.9. The Balaban J connectivity index is 0.000000810. The number of hydrogen-bond donors (Lipinski definition) is 0. The highest BCUT2D eigenvalue weighted by molar-refractivity contribution is 5.91. The lowest BCUT2D eigenvalue weighted by atomic mass is 10.3. The van der Waals surface area contributed by atoms with E-state index in [0.29, 0.717) is 5.69 Å². The lowest BCUT2D eigenvalue weighted by molar-refractivity contribution is 0.101. The summed E-state index contributed by atoms with van der Waals surface area (Å²) in [6, 6.07) is 1.59. The van der Waals surface area contributed by atoms with Gasteiger partial charge in [0.1, 0.15) is 12.0 Å². The van der Waals surface area contributed by atoms with Crippen LogP contribution in [0.2, 0.25) is 0 Å². The van der Waals surface area contributed by atoms with E-state index in [0.717, 1.165) is 0 Å². The van der Waals surface area contributed by atoms with Crippen molar-refractivity contribution in [3.05, 3.63) is 24.3 Å². The lowest BCUT2D eigenvalue weighted by Crippen LogP contribution is -1.94. The van der Waals surface area contributed by atoms with Gasteiger partial charge in [-0.3, -0.25) is 4.79 Å². The third-order valence-electron chi connectivity index (χ3n) is 0.943. The van der Waals surface area contributed by atoms with Crippen LogP contribution in [0.3, 0.4) is 0 Å². The van der Waals surface area contributed by atoms with Crippen molar-refractivity contribution in [3.63, 3.8) is 0 Å². The molecular weight excluding hydrogens is 116 g/mol. The van der Waals surface area contributed by atoms with Crippen molar-refractivity contribution in [1.82, 2.24) is 9.97 Å². The van der Waals surface area contributed by atoms with Crippen molar-refractivity contribution >= 4 is 5.78 Å². The van der Waals surface area contributed by atoms with E-state index in [2.05, 4.69) is 9.97 Å². The molecule has 1 aromatic heterocycles. The fourth-order valence-corrected chi connectivity index (χ4v) is 0.499. The van der Waals surface area contributed by atoms with Crippen LogP contribution < -0.4 is 0 Å². The van der Waals surface area contributed by atoms with Gasteiger partial charge in [-0.15, -0.1) is 0 Å². The highest BCUT2D eigenvalue weighted by Crippen LogP contribution is 1.89. The standard InChI is InChI=1S/C6H6N2O.H2/c1-5(9)6-2-3-7-4-8-6;/h2-4H,1H3;1H. The first kappa shape index (κ1) is 5.88. The number of rotatable bonds is 1. The van der Waals surface area contributed by atoms with Gasteiger partial charge in [0.25, 0.3) is 0 Å².